The van der Waals surface area contributed by atoms with Crippen LogP contribution in [0.15, 0.2) is 54.7 Å². The molecule has 1 aliphatic rings. The van der Waals surface area contributed by atoms with Gasteiger partial charge in [0.15, 0.2) is 0 Å². The number of nitrogens with zero attached hydrogens (tertiary/aromatic N) is 2. The van der Waals surface area contributed by atoms with Gasteiger partial charge in [0.2, 0.25) is 5.88 Å². The smallest absolute Gasteiger partial charge is 0.407 e. The number of carbonyl (C=O) groups excluding carboxylic acids is 1. The maximum absolute atomic E-state index is 12.1. The molecule has 1 aliphatic carbocycles. The Morgan fingerprint density at radius 3 is 2.66 bits per heavy atom. The van der Waals surface area contributed by atoms with Crippen molar-refractivity contribution in [2.45, 2.75) is 50.9 Å². The van der Waals surface area contributed by atoms with E-state index in [2.05, 4.69) is 15.3 Å². The number of benzene rings is 1. The average Bonchev–Trinajstić information content (AvgIpc) is 2.84. The first kappa shape index (κ1) is 22.0. The number of hydrogen-bond donors (Lipinski definition) is 2. The summed E-state index contributed by atoms with van der Waals surface area (Å²) >= 11 is 0. The zero-order chi connectivity index (χ0) is 22.3. The molecule has 2 aromatic heterocycles. The van der Waals surface area contributed by atoms with Gasteiger partial charge < -0.3 is 19.9 Å². The Kier molecular flexibility index (Phi) is 7.17. The molecule has 2 N–H and O–H groups in total. The number of amides is 1. The molecule has 0 aliphatic heterocycles. The fourth-order valence-electron chi connectivity index (χ4n) is 4.31. The number of ether oxygens (including phenoxy) is 2. The molecule has 7 heteroatoms. The molecular formula is C25H29N3O4. The van der Waals surface area contributed by atoms with Gasteiger partial charge in [-0.2, -0.15) is 0 Å². The number of aliphatic hydroxyl groups is 1. The molecule has 2 heterocycles. The van der Waals surface area contributed by atoms with Crippen molar-refractivity contribution in [3.63, 3.8) is 0 Å². The third kappa shape index (κ3) is 5.53. The second-order valence-electron chi connectivity index (χ2n) is 8.28. The SMILES string of the molecule is COc1ccc2nccc(C[C@@H](O)[C@H]3CC[C@H](NC(=O)OCc4ccccc4)CC3)c2n1. The molecule has 4 rings (SSSR count). The molecule has 1 amide bonds. The minimum Gasteiger partial charge on any atom is -0.481 e. The Bertz CT molecular complexity index is 1040. The number of rotatable bonds is 7. The van der Waals surface area contributed by atoms with Crippen LogP contribution in [0.25, 0.3) is 11.0 Å². The van der Waals surface area contributed by atoms with E-state index in [1.54, 1.807) is 19.4 Å². The number of fused-ring (bicyclic) bond motifs is 1. The minimum absolute atomic E-state index is 0.0782. The lowest BCUT2D eigenvalue weighted by atomic mass is 9.81. The Labute approximate surface area is 187 Å². The van der Waals surface area contributed by atoms with Crippen LogP contribution in [0.4, 0.5) is 4.79 Å². The van der Waals surface area contributed by atoms with Crippen LogP contribution in [0.3, 0.4) is 0 Å². The van der Waals surface area contributed by atoms with Crippen molar-refractivity contribution < 1.29 is 19.4 Å². The van der Waals surface area contributed by atoms with E-state index >= 15 is 0 Å². The van der Waals surface area contributed by atoms with Gasteiger partial charge in [-0.15, -0.1) is 0 Å². The van der Waals surface area contributed by atoms with Crippen molar-refractivity contribution in [2.24, 2.45) is 5.92 Å². The monoisotopic (exact) mass is 435 g/mol. The molecule has 7 nitrogen and oxygen atoms in total. The number of nitrogens with one attached hydrogen (secondary N) is 1. The first-order valence-corrected chi connectivity index (χ1v) is 11.1. The van der Waals surface area contributed by atoms with E-state index < -0.39 is 6.10 Å². The maximum atomic E-state index is 12.1. The highest BCUT2D eigenvalue weighted by molar-refractivity contribution is 5.78. The lowest BCUT2D eigenvalue weighted by Gasteiger charge is -2.31. The van der Waals surface area contributed by atoms with Gasteiger partial charge in [-0.3, -0.25) is 4.98 Å². The summed E-state index contributed by atoms with van der Waals surface area (Å²) in [4.78, 5) is 21.0. The first-order valence-electron chi connectivity index (χ1n) is 11.1. The van der Waals surface area contributed by atoms with Gasteiger partial charge in [-0.25, -0.2) is 9.78 Å². The summed E-state index contributed by atoms with van der Waals surface area (Å²) in [6.07, 6.45) is 4.76. The van der Waals surface area contributed by atoms with Crippen molar-refractivity contribution in [1.82, 2.24) is 15.3 Å². The highest BCUT2D eigenvalue weighted by Crippen LogP contribution is 2.30. The van der Waals surface area contributed by atoms with Crippen LogP contribution in [-0.2, 0) is 17.8 Å². The van der Waals surface area contributed by atoms with Crippen LogP contribution in [0.5, 0.6) is 5.88 Å². The van der Waals surface area contributed by atoms with Gasteiger partial charge in [0.25, 0.3) is 0 Å². The van der Waals surface area contributed by atoms with E-state index in [-0.39, 0.29) is 24.7 Å². The largest absolute Gasteiger partial charge is 0.481 e. The summed E-state index contributed by atoms with van der Waals surface area (Å²) < 4.78 is 10.6. The number of aliphatic hydroxyl groups excluding tert-OH is 1. The molecule has 0 saturated heterocycles. The lowest BCUT2D eigenvalue weighted by molar-refractivity contribution is 0.0765. The Hall–Kier alpha value is -3.19. The lowest BCUT2D eigenvalue weighted by Crippen LogP contribution is -2.40. The van der Waals surface area contributed by atoms with Crippen LogP contribution in [0.2, 0.25) is 0 Å². The molecule has 0 bridgehead atoms. The van der Waals surface area contributed by atoms with Gasteiger partial charge in [-0.05, 0) is 54.9 Å². The Morgan fingerprint density at radius 1 is 1.12 bits per heavy atom. The summed E-state index contributed by atoms with van der Waals surface area (Å²) in [5.41, 5.74) is 3.48. The van der Waals surface area contributed by atoms with E-state index in [9.17, 15) is 9.90 Å². The Balaban J connectivity index is 1.27. The van der Waals surface area contributed by atoms with Crippen molar-refractivity contribution in [1.29, 1.82) is 0 Å². The van der Waals surface area contributed by atoms with Crippen LogP contribution in [0, 0.1) is 5.92 Å². The van der Waals surface area contributed by atoms with E-state index in [0.29, 0.717) is 12.3 Å². The van der Waals surface area contributed by atoms with Crippen molar-refractivity contribution in [2.75, 3.05) is 7.11 Å². The predicted molar refractivity (Wildman–Crippen MR) is 121 cm³/mol. The standard InChI is InChI=1S/C25H29N3O4/c1-31-23-12-11-21-24(28-23)19(13-14-26-21)15-22(29)18-7-9-20(10-8-18)27-25(30)32-16-17-5-3-2-4-6-17/h2-6,11-14,18,20,22,29H,7-10,15-16H2,1H3,(H,27,30)/t18-,20-,22-/m1/s1. The summed E-state index contributed by atoms with van der Waals surface area (Å²) in [5.74, 6) is 0.717. The van der Waals surface area contributed by atoms with E-state index in [1.165, 1.54) is 0 Å². The van der Waals surface area contributed by atoms with Gasteiger partial charge in [0.1, 0.15) is 6.61 Å². The predicted octanol–water partition coefficient (Wildman–Crippen LogP) is 4.03. The minimum atomic E-state index is -0.473. The second kappa shape index (κ2) is 10.4. The third-order valence-electron chi connectivity index (χ3n) is 6.13. The van der Waals surface area contributed by atoms with Crippen LogP contribution in [-0.4, -0.2) is 40.4 Å². The Morgan fingerprint density at radius 2 is 1.91 bits per heavy atom. The van der Waals surface area contributed by atoms with Crippen molar-refractivity contribution in [3.05, 3.63) is 65.9 Å². The summed E-state index contributed by atoms with van der Waals surface area (Å²) in [5, 5.41) is 13.9. The van der Waals surface area contributed by atoms with Crippen LogP contribution in [0.1, 0.15) is 36.8 Å². The van der Waals surface area contributed by atoms with Crippen molar-refractivity contribution >= 4 is 17.1 Å². The fourth-order valence-corrected chi connectivity index (χ4v) is 4.31. The summed E-state index contributed by atoms with van der Waals surface area (Å²) in [6.45, 7) is 0.263. The number of pyridine rings is 2. The maximum Gasteiger partial charge on any atom is 0.407 e. The zero-order valence-electron chi connectivity index (χ0n) is 18.2. The molecule has 1 saturated carbocycles. The first-order chi connectivity index (χ1) is 15.6. The molecule has 0 unspecified atom stereocenters. The third-order valence-corrected chi connectivity index (χ3v) is 6.13. The number of methoxy groups -OCH3 is 1. The molecule has 1 atom stereocenters. The number of aromatic nitrogens is 2. The molecule has 1 fully saturated rings. The normalized spacial score (nSPS) is 19.3. The number of carbonyl (C=O) groups is 1. The van der Waals surface area contributed by atoms with Crippen LogP contribution < -0.4 is 10.1 Å². The summed E-state index contributed by atoms with van der Waals surface area (Å²) in [6, 6.07) is 15.3. The summed E-state index contributed by atoms with van der Waals surface area (Å²) in [7, 11) is 1.59. The van der Waals surface area contributed by atoms with E-state index in [4.69, 9.17) is 9.47 Å². The van der Waals surface area contributed by atoms with Gasteiger partial charge in [-0.1, -0.05) is 30.3 Å². The van der Waals surface area contributed by atoms with E-state index in [1.807, 2.05) is 42.5 Å². The quantitative estimate of drug-likeness (QED) is 0.582. The van der Waals surface area contributed by atoms with Gasteiger partial charge >= 0.3 is 6.09 Å². The second-order valence-corrected chi connectivity index (χ2v) is 8.28. The molecule has 0 radical (unpaired) electrons. The number of hydrogen-bond acceptors (Lipinski definition) is 6. The van der Waals surface area contributed by atoms with Crippen molar-refractivity contribution in [3.8, 4) is 5.88 Å². The molecule has 32 heavy (non-hydrogen) atoms. The van der Waals surface area contributed by atoms with Crippen LogP contribution >= 0.6 is 0 Å². The highest BCUT2D eigenvalue weighted by atomic mass is 16.5. The van der Waals surface area contributed by atoms with Gasteiger partial charge in [0, 0.05) is 24.7 Å². The molecule has 1 aromatic carbocycles. The highest BCUT2D eigenvalue weighted by Gasteiger charge is 2.28. The topological polar surface area (TPSA) is 93.6 Å². The van der Waals surface area contributed by atoms with Gasteiger partial charge in [0.05, 0.1) is 24.2 Å². The average molecular weight is 436 g/mol. The molecule has 0 spiro atoms. The number of alkyl carbamates (subject to hydrolysis) is 1. The zero-order valence-corrected chi connectivity index (χ0v) is 18.2. The molecular weight excluding hydrogens is 406 g/mol. The fraction of sp³-hybridized carbons (Fsp3) is 0.400. The van der Waals surface area contributed by atoms with E-state index in [0.717, 1.165) is 47.8 Å². The molecule has 3 aromatic rings. The molecule has 168 valence electrons.